The number of hydrogen-bond acceptors (Lipinski definition) is 2. The lowest BCUT2D eigenvalue weighted by molar-refractivity contribution is -0.128. The Morgan fingerprint density at radius 3 is 2.90 bits per heavy atom. The second-order valence-corrected chi connectivity index (χ2v) is 5.86. The summed E-state index contributed by atoms with van der Waals surface area (Å²) in [7, 11) is 1.73. The smallest absolute Gasteiger partial charge is 0.225 e. The molecule has 2 atom stereocenters. The van der Waals surface area contributed by atoms with E-state index in [2.05, 4.69) is 5.32 Å². The lowest BCUT2D eigenvalue weighted by atomic mass is 10.0. The van der Waals surface area contributed by atoms with Gasteiger partial charge in [0.25, 0.3) is 0 Å². The average molecular weight is 295 g/mol. The van der Waals surface area contributed by atoms with E-state index < -0.39 is 0 Å². The Morgan fingerprint density at radius 1 is 1.55 bits per heavy atom. The fourth-order valence-electron chi connectivity index (χ4n) is 2.47. The van der Waals surface area contributed by atoms with E-state index in [4.69, 9.17) is 11.6 Å². The molecule has 1 N–H and O–H groups in total. The predicted molar refractivity (Wildman–Crippen MR) is 78.5 cm³/mol. The highest BCUT2D eigenvalue weighted by atomic mass is 35.5. The van der Waals surface area contributed by atoms with Crippen molar-refractivity contribution in [2.75, 3.05) is 13.6 Å². The Hall–Kier alpha value is -1.55. The van der Waals surface area contributed by atoms with Crippen LogP contribution < -0.4 is 5.32 Å². The molecule has 20 heavy (non-hydrogen) atoms. The summed E-state index contributed by atoms with van der Waals surface area (Å²) in [6, 6.07) is 7.63. The molecule has 1 aromatic rings. The van der Waals surface area contributed by atoms with Gasteiger partial charge < -0.3 is 10.2 Å². The molecule has 1 aliphatic heterocycles. The third-order valence-corrected chi connectivity index (χ3v) is 3.77. The van der Waals surface area contributed by atoms with Crippen LogP contribution in [0.3, 0.4) is 0 Å². The third kappa shape index (κ3) is 3.73. The summed E-state index contributed by atoms with van der Waals surface area (Å²) in [6.45, 7) is 2.47. The molecule has 1 heterocycles. The summed E-state index contributed by atoms with van der Waals surface area (Å²) in [5.74, 6) is -0.237. The first-order chi connectivity index (χ1) is 9.45. The van der Waals surface area contributed by atoms with Crippen LogP contribution in [0.25, 0.3) is 0 Å². The maximum atomic E-state index is 12.1. The van der Waals surface area contributed by atoms with E-state index in [-0.39, 0.29) is 23.8 Å². The van der Waals surface area contributed by atoms with E-state index in [9.17, 15) is 9.59 Å². The van der Waals surface area contributed by atoms with Gasteiger partial charge in [-0.25, -0.2) is 0 Å². The number of carbonyl (C=O) groups excluding carboxylic acids is 2. The second kappa shape index (κ2) is 6.27. The number of benzene rings is 1. The monoisotopic (exact) mass is 294 g/mol. The van der Waals surface area contributed by atoms with Crippen molar-refractivity contribution in [3.05, 3.63) is 34.9 Å². The zero-order valence-electron chi connectivity index (χ0n) is 11.7. The molecule has 2 rings (SSSR count). The van der Waals surface area contributed by atoms with E-state index >= 15 is 0 Å². The maximum Gasteiger partial charge on any atom is 0.225 e. The Bertz CT molecular complexity index is 518. The number of likely N-dealkylation sites (tertiary alicyclic amines) is 1. The van der Waals surface area contributed by atoms with Gasteiger partial charge in [0.1, 0.15) is 0 Å². The Balaban J connectivity index is 1.87. The number of carbonyl (C=O) groups is 2. The van der Waals surface area contributed by atoms with Crippen LogP contribution in [-0.2, 0) is 16.0 Å². The minimum absolute atomic E-state index is 0.0157. The molecular formula is C15H19ClN2O2. The second-order valence-electron chi connectivity index (χ2n) is 5.42. The van der Waals surface area contributed by atoms with Crippen molar-refractivity contribution >= 4 is 23.4 Å². The van der Waals surface area contributed by atoms with E-state index in [1.165, 1.54) is 0 Å². The number of nitrogens with one attached hydrogen (secondary N) is 1. The molecule has 5 heteroatoms. The van der Waals surface area contributed by atoms with Gasteiger partial charge in [-0.05, 0) is 31.0 Å². The van der Waals surface area contributed by atoms with Crippen molar-refractivity contribution < 1.29 is 9.59 Å². The van der Waals surface area contributed by atoms with E-state index in [1.807, 2.05) is 31.2 Å². The summed E-state index contributed by atoms with van der Waals surface area (Å²) >= 11 is 5.94. The largest absolute Gasteiger partial charge is 0.353 e. The van der Waals surface area contributed by atoms with Crippen LogP contribution in [0.15, 0.2) is 24.3 Å². The van der Waals surface area contributed by atoms with Crippen LogP contribution >= 0.6 is 11.6 Å². The van der Waals surface area contributed by atoms with Gasteiger partial charge in [-0.2, -0.15) is 0 Å². The van der Waals surface area contributed by atoms with E-state index in [1.54, 1.807) is 11.9 Å². The molecule has 0 aromatic heterocycles. The Morgan fingerprint density at radius 2 is 2.30 bits per heavy atom. The van der Waals surface area contributed by atoms with Crippen molar-refractivity contribution in [2.45, 2.75) is 25.8 Å². The molecule has 1 aliphatic rings. The first kappa shape index (κ1) is 14.9. The molecule has 0 unspecified atom stereocenters. The SMILES string of the molecule is C[C@@H](Cc1cccc(Cl)c1)NC(=O)[C@H]1CC(=O)N(C)C1. The summed E-state index contributed by atoms with van der Waals surface area (Å²) in [5.41, 5.74) is 1.09. The van der Waals surface area contributed by atoms with Crippen LogP contribution in [0, 0.1) is 5.92 Å². The average Bonchev–Trinajstić information content (AvgIpc) is 2.69. The molecule has 0 spiro atoms. The zero-order valence-corrected chi connectivity index (χ0v) is 12.5. The summed E-state index contributed by atoms with van der Waals surface area (Å²) in [5, 5.41) is 3.67. The summed E-state index contributed by atoms with van der Waals surface area (Å²) < 4.78 is 0. The quantitative estimate of drug-likeness (QED) is 0.921. The minimum atomic E-state index is -0.227. The predicted octanol–water partition coefficient (Wildman–Crippen LogP) is 1.87. The fourth-order valence-corrected chi connectivity index (χ4v) is 2.68. The molecule has 1 aromatic carbocycles. The molecule has 2 amide bonds. The van der Waals surface area contributed by atoms with Crippen molar-refractivity contribution in [1.29, 1.82) is 0 Å². The molecule has 0 saturated carbocycles. The van der Waals surface area contributed by atoms with Gasteiger partial charge in [-0.15, -0.1) is 0 Å². The van der Waals surface area contributed by atoms with Crippen molar-refractivity contribution in [3.63, 3.8) is 0 Å². The number of amides is 2. The highest BCUT2D eigenvalue weighted by Crippen LogP contribution is 2.17. The van der Waals surface area contributed by atoms with Crippen LogP contribution in [0.1, 0.15) is 18.9 Å². The van der Waals surface area contributed by atoms with Crippen molar-refractivity contribution in [3.8, 4) is 0 Å². The van der Waals surface area contributed by atoms with Gasteiger partial charge in [-0.1, -0.05) is 23.7 Å². The Kier molecular flexibility index (Phi) is 4.65. The Labute approximate surface area is 124 Å². The molecule has 0 bridgehead atoms. The van der Waals surface area contributed by atoms with Crippen molar-refractivity contribution in [2.24, 2.45) is 5.92 Å². The first-order valence-electron chi connectivity index (χ1n) is 6.74. The molecular weight excluding hydrogens is 276 g/mol. The third-order valence-electron chi connectivity index (χ3n) is 3.53. The van der Waals surface area contributed by atoms with Gasteiger partial charge in [0.05, 0.1) is 5.92 Å². The molecule has 1 fully saturated rings. The van der Waals surface area contributed by atoms with Gasteiger partial charge in [0, 0.05) is 31.1 Å². The molecule has 0 radical (unpaired) electrons. The van der Waals surface area contributed by atoms with E-state index in [0.29, 0.717) is 18.0 Å². The van der Waals surface area contributed by atoms with Gasteiger partial charge in [0.15, 0.2) is 0 Å². The molecule has 4 nitrogen and oxygen atoms in total. The standard InChI is InChI=1S/C15H19ClN2O2/c1-10(6-11-4-3-5-13(16)7-11)17-15(20)12-8-14(19)18(2)9-12/h3-5,7,10,12H,6,8-9H2,1-2H3,(H,17,20)/t10-,12-/m0/s1. The lowest BCUT2D eigenvalue weighted by Gasteiger charge is -2.17. The number of rotatable bonds is 4. The van der Waals surface area contributed by atoms with Gasteiger partial charge >= 0.3 is 0 Å². The number of nitrogens with zero attached hydrogens (tertiary/aromatic N) is 1. The fraction of sp³-hybridized carbons (Fsp3) is 0.467. The van der Waals surface area contributed by atoms with Crippen molar-refractivity contribution in [1.82, 2.24) is 10.2 Å². The summed E-state index contributed by atoms with van der Waals surface area (Å²) in [4.78, 5) is 25.1. The minimum Gasteiger partial charge on any atom is -0.353 e. The highest BCUT2D eigenvalue weighted by Gasteiger charge is 2.32. The van der Waals surface area contributed by atoms with E-state index in [0.717, 1.165) is 12.0 Å². The number of hydrogen-bond donors (Lipinski definition) is 1. The maximum absolute atomic E-state index is 12.1. The van der Waals surface area contributed by atoms with Gasteiger partial charge in [0.2, 0.25) is 11.8 Å². The molecule has 0 aliphatic carbocycles. The van der Waals surface area contributed by atoms with Crippen LogP contribution in [-0.4, -0.2) is 36.3 Å². The highest BCUT2D eigenvalue weighted by molar-refractivity contribution is 6.30. The molecule has 108 valence electrons. The number of halogens is 1. The normalized spacial score (nSPS) is 20.1. The summed E-state index contributed by atoms with van der Waals surface area (Å²) in [6.07, 6.45) is 1.04. The van der Waals surface area contributed by atoms with Crippen LogP contribution in [0.5, 0.6) is 0 Å². The zero-order chi connectivity index (χ0) is 14.7. The topological polar surface area (TPSA) is 49.4 Å². The van der Waals surface area contributed by atoms with Crippen LogP contribution in [0.2, 0.25) is 5.02 Å². The van der Waals surface area contributed by atoms with Gasteiger partial charge in [-0.3, -0.25) is 9.59 Å². The molecule has 1 saturated heterocycles. The van der Waals surface area contributed by atoms with Crippen LogP contribution in [0.4, 0.5) is 0 Å². The lowest BCUT2D eigenvalue weighted by Crippen LogP contribution is -2.39. The first-order valence-corrected chi connectivity index (χ1v) is 7.12.